The van der Waals surface area contributed by atoms with Crippen molar-refractivity contribution in [2.75, 3.05) is 13.6 Å². The maximum Gasteiger partial charge on any atom is 0.212 e. The summed E-state index contributed by atoms with van der Waals surface area (Å²) in [4.78, 5) is 2.15. The van der Waals surface area contributed by atoms with Crippen LogP contribution in [0.2, 0.25) is 0 Å². The Bertz CT molecular complexity index is 255. The predicted octanol–water partition coefficient (Wildman–Crippen LogP) is 0.179. The summed E-state index contributed by atoms with van der Waals surface area (Å²) in [5.74, 6) is 0. The van der Waals surface area contributed by atoms with E-state index in [-0.39, 0.29) is 17.7 Å². The van der Waals surface area contributed by atoms with Crippen molar-refractivity contribution in [3.05, 3.63) is 0 Å². The van der Waals surface area contributed by atoms with E-state index in [0.29, 0.717) is 18.9 Å². The van der Waals surface area contributed by atoms with E-state index >= 15 is 0 Å². The molecule has 0 saturated carbocycles. The van der Waals surface area contributed by atoms with E-state index in [1.165, 1.54) is 0 Å². The van der Waals surface area contributed by atoms with E-state index in [2.05, 4.69) is 4.90 Å². The van der Waals surface area contributed by atoms with Crippen molar-refractivity contribution in [2.24, 2.45) is 5.14 Å². The number of hydrogen-bond donors (Lipinski definition) is 1. The predicted molar refractivity (Wildman–Crippen MR) is 55.5 cm³/mol. The maximum absolute atomic E-state index is 11.0. The highest BCUT2D eigenvalue weighted by Gasteiger charge is 2.29. The average molecular weight is 229 g/mol. The molecule has 1 aliphatic heterocycles. The molecule has 0 bridgehead atoms. The third kappa shape index (κ3) is 3.42. The standard InChI is InChI=1S/C7H16N2O2S.ClH/c1-6-5-7(12(8,10)11)3-4-9(6)2;/h6-7H,3-5H2,1-2H3,(H2,8,10,11);1H. The van der Waals surface area contributed by atoms with Crippen LogP contribution in [0.15, 0.2) is 0 Å². The van der Waals surface area contributed by atoms with Crippen molar-refractivity contribution < 1.29 is 8.42 Å². The molecule has 13 heavy (non-hydrogen) atoms. The highest BCUT2D eigenvalue weighted by Crippen LogP contribution is 2.19. The molecule has 2 unspecified atom stereocenters. The normalized spacial score (nSPS) is 31.0. The van der Waals surface area contributed by atoms with Crippen LogP contribution in [0, 0.1) is 0 Å². The van der Waals surface area contributed by atoms with Crippen LogP contribution in [0.3, 0.4) is 0 Å². The smallest absolute Gasteiger partial charge is 0.212 e. The van der Waals surface area contributed by atoms with Gasteiger partial charge in [-0.25, -0.2) is 13.6 Å². The third-order valence-corrected chi connectivity index (χ3v) is 3.98. The molecule has 2 atom stereocenters. The van der Waals surface area contributed by atoms with Gasteiger partial charge in [-0.2, -0.15) is 0 Å². The summed E-state index contributed by atoms with van der Waals surface area (Å²) in [6, 6.07) is 0.321. The van der Waals surface area contributed by atoms with E-state index in [0.717, 1.165) is 6.54 Å². The Labute approximate surface area is 85.9 Å². The van der Waals surface area contributed by atoms with Gasteiger partial charge in [0.25, 0.3) is 0 Å². The lowest BCUT2D eigenvalue weighted by atomic mass is 10.0. The van der Waals surface area contributed by atoms with Crippen LogP contribution < -0.4 is 5.14 Å². The molecular formula is C7H17ClN2O2S. The molecule has 1 heterocycles. The van der Waals surface area contributed by atoms with Gasteiger partial charge in [0.15, 0.2) is 0 Å². The van der Waals surface area contributed by atoms with Crippen LogP contribution in [-0.2, 0) is 10.0 Å². The summed E-state index contributed by atoms with van der Waals surface area (Å²) >= 11 is 0. The zero-order valence-electron chi connectivity index (χ0n) is 7.93. The van der Waals surface area contributed by atoms with Crippen LogP contribution in [0.4, 0.5) is 0 Å². The summed E-state index contributed by atoms with van der Waals surface area (Å²) in [6.45, 7) is 2.85. The maximum atomic E-state index is 11.0. The van der Waals surface area contributed by atoms with Gasteiger partial charge in [-0.05, 0) is 33.4 Å². The number of halogens is 1. The largest absolute Gasteiger partial charge is 0.304 e. The van der Waals surface area contributed by atoms with Gasteiger partial charge in [-0.15, -0.1) is 12.4 Å². The van der Waals surface area contributed by atoms with Crippen molar-refractivity contribution in [1.82, 2.24) is 4.90 Å². The summed E-state index contributed by atoms with van der Waals surface area (Å²) < 4.78 is 22.0. The van der Waals surface area contributed by atoms with Gasteiger partial charge in [0, 0.05) is 6.04 Å². The fourth-order valence-corrected chi connectivity index (χ4v) is 2.53. The van der Waals surface area contributed by atoms with Gasteiger partial charge in [0.05, 0.1) is 5.25 Å². The highest BCUT2D eigenvalue weighted by molar-refractivity contribution is 7.89. The number of primary sulfonamides is 1. The number of sulfonamides is 1. The molecule has 0 aliphatic carbocycles. The molecule has 0 amide bonds. The quantitative estimate of drug-likeness (QED) is 0.697. The summed E-state index contributed by atoms with van der Waals surface area (Å²) in [7, 11) is -1.30. The first-order valence-corrected chi connectivity index (χ1v) is 5.74. The lowest BCUT2D eigenvalue weighted by molar-refractivity contribution is 0.202. The molecule has 0 aromatic carbocycles. The molecular weight excluding hydrogens is 212 g/mol. The van der Waals surface area contributed by atoms with Crippen molar-refractivity contribution in [3.63, 3.8) is 0 Å². The number of nitrogens with two attached hydrogens (primary N) is 1. The van der Waals surface area contributed by atoms with Crippen LogP contribution in [0.5, 0.6) is 0 Å². The molecule has 80 valence electrons. The highest BCUT2D eigenvalue weighted by atomic mass is 35.5. The van der Waals surface area contributed by atoms with Crippen molar-refractivity contribution in [3.8, 4) is 0 Å². The van der Waals surface area contributed by atoms with Crippen molar-refractivity contribution in [2.45, 2.75) is 31.1 Å². The number of nitrogens with zero attached hydrogens (tertiary/aromatic N) is 1. The van der Waals surface area contributed by atoms with Gasteiger partial charge in [-0.3, -0.25) is 0 Å². The van der Waals surface area contributed by atoms with Crippen LogP contribution in [0.1, 0.15) is 19.8 Å². The number of likely N-dealkylation sites (tertiary alicyclic amines) is 1. The van der Waals surface area contributed by atoms with Gasteiger partial charge in [0.2, 0.25) is 10.0 Å². The van der Waals surface area contributed by atoms with Gasteiger partial charge >= 0.3 is 0 Å². The third-order valence-electron chi connectivity index (χ3n) is 2.62. The Hall–Kier alpha value is 0.160. The van der Waals surface area contributed by atoms with E-state index in [1.54, 1.807) is 0 Å². The molecule has 0 radical (unpaired) electrons. The second kappa shape index (κ2) is 4.59. The molecule has 1 rings (SSSR count). The Balaban J connectivity index is 0.00000144. The molecule has 1 fully saturated rings. The second-order valence-corrected chi connectivity index (χ2v) is 5.41. The van der Waals surface area contributed by atoms with E-state index in [9.17, 15) is 8.42 Å². The zero-order chi connectivity index (χ0) is 9.35. The summed E-state index contributed by atoms with van der Waals surface area (Å²) in [6.07, 6.45) is 1.33. The Morgan fingerprint density at radius 3 is 2.38 bits per heavy atom. The Kier molecular flexibility index (Phi) is 4.65. The average Bonchev–Trinajstić information content (AvgIpc) is 1.92. The first kappa shape index (κ1) is 13.2. The minimum absolute atomic E-state index is 0. The molecule has 4 nitrogen and oxygen atoms in total. The van der Waals surface area contributed by atoms with Gasteiger partial charge in [0.1, 0.15) is 0 Å². The first-order valence-electron chi connectivity index (χ1n) is 4.13. The summed E-state index contributed by atoms with van der Waals surface area (Å²) in [5.41, 5.74) is 0. The van der Waals surface area contributed by atoms with E-state index in [1.807, 2.05) is 14.0 Å². The minimum Gasteiger partial charge on any atom is -0.304 e. The first-order chi connectivity index (χ1) is 5.41. The molecule has 1 aliphatic rings. The second-order valence-electron chi connectivity index (χ2n) is 3.57. The lowest BCUT2D eigenvalue weighted by Gasteiger charge is -2.33. The van der Waals surface area contributed by atoms with Crippen LogP contribution in [0.25, 0.3) is 0 Å². The SMILES string of the molecule is CC1CC(S(N)(=O)=O)CCN1C.Cl. The molecule has 1 saturated heterocycles. The Morgan fingerprint density at radius 1 is 1.46 bits per heavy atom. The molecule has 0 spiro atoms. The molecule has 6 heteroatoms. The van der Waals surface area contributed by atoms with Crippen molar-refractivity contribution >= 4 is 22.4 Å². The number of rotatable bonds is 1. The molecule has 0 aromatic rings. The monoisotopic (exact) mass is 228 g/mol. The van der Waals surface area contributed by atoms with E-state index in [4.69, 9.17) is 5.14 Å². The summed E-state index contributed by atoms with van der Waals surface area (Å²) in [5, 5.41) is 4.74. The topological polar surface area (TPSA) is 63.4 Å². The molecule has 2 N–H and O–H groups in total. The van der Waals surface area contributed by atoms with Crippen LogP contribution in [-0.4, -0.2) is 38.2 Å². The van der Waals surface area contributed by atoms with Crippen LogP contribution >= 0.6 is 12.4 Å². The minimum atomic E-state index is -3.31. The Morgan fingerprint density at radius 2 is 2.00 bits per heavy atom. The lowest BCUT2D eigenvalue weighted by Crippen LogP contribution is -2.44. The fraction of sp³-hybridized carbons (Fsp3) is 1.00. The number of piperidine rings is 1. The fourth-order valence-electron chi connectivity index (χ4n) is 1.54. The van der Waals surface area contributed by atoms with Gasteiger partial charge < -0.3 is 4.90 Å². The van der Waals surface area contributed by atoms with Crippen molar-refractivity contribution in [1.29, 1.82) is 0 Å². The number of hydrogen-bond acceptors (Lipinski definition) is 3. The molecule has 0 aromatic heterocycles. The van der Waals surface area contributed by atoms with E-state index < -0.39 is 10.0 Å². The zero-order valence-corrected chi connectivity index (χ0v) is 9.57. The van der Waals surface area contributed by atoms with Gasteiger partial charge in [-0.1, -0.05) is 0 Å².